The first-order valence-corrected chi connectivity index (χ1v) is 22.1. The van der Waals surface area contributed by atoms with Crippen molar-refractivity contribution in [2.75, 3.05) is 0 Å². The largest absolute Gasteiger partial charge is 0.310 e. The fraction of sp³-hybridized carbons (Fsp3) is 0.0847. The predicted octanol–water partition coefficient (Wildman–Crippen LogP) is 13.2. The lowest BCUT2D eigenvalue weighted by atomic mass is 9.34. The van der Waals surface area contributed by atoms with Crippen LogP contribution < -0.4 is 16.4 Å². The van der Waals surface area contributed by atoms with Gasteiger partial charge in [-0.1, -0.05) is 165 Å². The van der Waals surface area contributed by atoms with Crippen LogP contribution in [0.5, 0.6) is 0 Å². The second-order valence-electron chi connectivity index (χ2n) is 18.9. The molecule has 0 fully saturated rings. The Hall–Kier alpha value is -7.36. The van der Waals surface area contributed by atoms with E-state index in [-0.39, 0.29) is 12.1 Å². The van der Waals surface area contributed by atoms with Gasteiger partial charge in [0.2, 0.25) is 0 Å². The summed E-state index contributed by atoms with van der Waals surface area (Å²) in [6, 6.07) is 63.1. The summed E-state index contributed by atoms with van der Waals surface area (Å²) >= 11 is 0. The van der Waals surface area contributed by atoms with Crippen LogP contribution in [0.1, 0.15) is 36.1 Å². The molecular formula is C59H39BN2. The van der Waals surface area contributed by atoms with Crippen LogP contribution in [-0.4, -0.2) is 15.8 Å². The van der Waals surface area contributed by atoms with Crippen molar-refractivity contribution in [1.82, 2.24) is 9.13 Å². The Balaban J connectivity index is 1.30. The first-order chi connectivity index (χ1) is 30.4. The highest BCUT2D eigenvalue weighted by Crippen LogP contribution is 2.53. The summed E-state index contributed by atoms with van der Waals surface area (Å²) < 4.78 is 5.38. The summed E-state index contributed by atoms with van der Waals surface area (Å²) in [7, 11) is 0. The van der Waals surface area contributed by atoms with Crippen molar-refractivity contribution in [2.45, 2.75) is 33.1 Å². The Kier molecular flexibility index (Phi) is 5.98. The lowest BCUT2D eigenvalue weighted by Crippen LogP contribution is -2.59. The van der Waals surface area contributed by atoms with E-state index in [0.717, 1.165) is 0 Å². The van der Waals surface area contributed by atoms with Crippen LogP contribution in [-0.2, 0) is 5.41 Å². The Morgan fingerprint density at radius 2 is 0.855 bits per heavy atom. The van der Waals surface area contributed by atoms with Crippen molar-refractivity contribution in [3.63, 3.8) is 0 Å². The predicted molar refractivity (Wildman–Crippen MR) is 267 cm³/mol. The van der Waals surface area contributed by atoms with E-state index in [1.54, 1.807) is 0 Å². The SMILES string of the molecule is Cc1ccc2c(c1)c1cc(C(C)(C)c3ccccc3)cc3c4cc(C)ccc4c4c5c6c(c2c4c13)-n1c2ccccc2c2cccc(c21)B6c1cccc2c3ccccc3n-5c12. The molecule has 2 nitrogen and oxygen atoms in total. The minimum absolute atomic E-state index is 0.0437. The van der Waals surface area contributed by atoms with Gasteiger partial charge in [0.05, 0.1) is 22.4 Å². The number of nitrogens with zero attached hydrogens (tertiary/aromatic N) is 2. The summed E-state index contributed by atoms with van der Waals surface area (Å²) in [6.45, 7) is 9.36. The number of fused-ring (bicyclic) bond motifs is 18. The molecule has 0 saturated heterocycles. The highest BCUT2D eigenvalue weighted by atomic mass is 15.0. The Labute approximate surface area is 358 Å². The third kappa shape index (κ3) is 3.78. The first kappa shape index (κ1) is 33.4. The second kappa shape index (κ2) is 11.1. The zero-order chi connectivity index (χ0) is 40.9. The average Bonchev–Trinajstić information content (AvgIpc) is 3.83. The fourth-order valence-electron chi connectivity index (χ4n) is 12.7. The standard InChI is InChI=1S/C59H39BN2/c1-32-24-26-38-42(28-32)44-30-35(59(3,4)34-14-6-5-7-15-34)31-45-43-29-33(2)25-27-39(43)52-53(50(44)45)51(38)57-54-58(52)62-49-23-11-9-17-37(49)41-19-13-21-47(56(41)62)60(54)46-20-12-18-40-36-16-8-10-22-48(36)61(57)55(40)46/h5-31H,1-4H3. The third-order valence-corrected chi connectivity index (χ3v) is 15.4. The number of aryl methyl sites for hydroxylation is 2. The minimum atomic E-state index is -0.227. The van der Waals surface area contributed by atoms with Crippen LogP contribution in [0, 0.1) is 13.8 Å². The van der Waals surface area contributed by atoms with Gasteiger partial charge >= 0.3 is 0 Å². The molecule has 3 heteroatoms. The topological polar surface area (TPSA) is 9.86 Å². The summed E-state index contributed by atoms with van der Waals surface area (Å²) in [4.78, 5) is 0. The molecule has 0 unspecified atom stereocenters. The molecular weight excluding hydrogens is 747 g/mol. The van der Waals surface area contributed by atoms with Gasteiger partial charge in [-0.2, -0.15) is 0 Å². The van der Waals surface area contributed by atoms with Gasteiger partial charge in [-0.05, 0) is 103 Å². The van der Waals surface area contributed by atoms with Gasteiger partial charge in [-0.15, -0.1) is 0 Å². The fourth-order valence-corrected chi connectivity index (χ4v) is 12.7. The van der Waals surface area contributed by atoms with Crippen molar-refractivity contribution in [1.29, 1.82) is 0 Å². The Morgan fingerprint density at radius 3 is 1.39 bits per heavy atom. The molecule has 0 amide bonds. The van der Waals surface area contributed by atoms with E-state index in [4.69, 9.17) is 0 Å². The van der Waals surface area contributed by atoms with E-state index >= 15 is 0 Å². The summed E-state index contributed by atoms with van der Waals surface area (Å²) in [5.74, 6) is 0. The molecule has 0 saturated carbocycles. The zero-order valence-electron chi connectivity index (χ0n) is 35.1. The van der Waals surface area contributed by atoms with E-state index in [0.29, 0.717) is 0 Å². The van der Waals surface area contributed by atoms with Gasteiger partial charge in [0.1, 0.15) is 0 Å². The maximum Gasteiger partial charge on any atom is 0.252 e. The second-order valence-corrected chi connectivity index (χ2v) is 18.9. The van der Waals surface area contributed by atoms with E-state index < -0.39 is 0 Å². The lowest BCUT2D eigenvalue weighted by molar-refractivity contribution is 0.642. The summed E-state index contributed by atoms with van der Waals surface area (Å²) in [5, 5.41) is 18.7. The maximum absolute atomic E-state index is 2.69. The summed E-state index contributed by atoms with van der Waals surface area (Å²) in [5.41, 5.74) is 17.0. The van der Waals surface area contributed by atoms with E-state index in [2.05, 4.69) is 201 Å². The van der Waals surface area contributed by atoms with Crippen LogP contribution in [0.2, 0.25) is 0 Å². The van der Waals surface area contributed by atoms with Gasteiger partial charge in [-0.25, -0.2) is 0 Å². The van der Waals surface area contributed by atoms with Crippen LogP contribution in [0.25, 0.3) is 109 Å². The molecule has 2 aliphatic heterocycles. The van der Waals surface area contributed by atoms with Crippen LogP contribution >= 0.6 is 0 Å². The monoisotopic (exact) mass is 786 g/mol. The average molecular weight is 787 g/mol. The number of rotatable bonds is 2. The van der Waals surface area contributed by atoms with E-state index in [9.17, 15) is 0 Å². The molecule has 13 aromatic rings. The highest BCUT2D eigenvalue weighted by molar-refractivity contribution is 7.01. The zero-order valence-corrected chi connectivity index (χ0v) is 35.1. The molecule has 15 rings (SSSR count). The number of hydrogen-bond donors (Lipinski definition) is 0. The van der Waals surface area contributed by atoms with Gasteiger partial charge in [-0.3, -0.25) is 0 Å². The molecule has 62 heavy (non-hydrogen) atoms. The van der Waals surface area contributed by atoms with Crippen molar-refractivity contribution < 1.29 is 0 Å². The van der Waals surface area contributed by atoms with Gasteiger partial charge in [0.25, 0.3) is 6.71 Å². The number of aromatic nitrogens is 2. The molecule has 0 aliphatic carbocycles. The molecule has 0 bridgehead atoms. The van der Waals surface area contributed by atoms with Gasteiger partial charge < -0.3 is 9.13 Å². The Morgan fingerprint density at radius 1 is 0.371 bits per heavy atom. The van der Waals surface area contributed by atoms with E-state index in [1.165, 1.54) is 147 Å². The normalized spacial score (nSPS) is 13.5. The van der Waals surface area contributed by atoms with Crippen LogP contribution in [0.15, 0.2) is 164 Å². The number of hydrogen-bond acceptors (Lipinski definition) is 0. The van der Waals surface area contributed by atoms with Crippen LogP contribution in [0.3, 0.4) is 0 Å². The molecule has 288 valence electrons. The minimum Gasteiger partial charge on any atom is -0.310 e. The quantitative estimate of drug-likeness (QED) is 0.0938. The lowest BCUT2D eigenvalue weighted by Gasteiger charge is -2.37. The summed E-state index contributed by atoms with van der Waals surface area (Å²) in [6.07, 6.45) is 0. The Bertz CT molecular complexity index is 3960. The van der Waals surface area contributed by atoms with Gasteiger partial charge in [0.15, 0.2) is 0 Å². The first-order valence-electron chi connectivity index (χ1n) is 22.1. The molecule has 2 aliphatic rings. The molecule has 2 aromatic heterocycles. The molecule has 0 N–H and O–H groups in total. The highest BCUT2D eigenvalue weighted by Gasteiger charge is 2.43. The van der Waals surface area contributed by atoms with E-state index in [1.807, 2.05) is 0 Å². The molecule has 0 spiro atoms. The number of para-hydroxylation sites is 4. The molecule has 4 heterocycles. The van der Waals surface area contributed by atoms with Crippen molar-refractivity contribution in [3.05, 3.63) is 186 Å². The maximum atomic E-state index is 2.69. The van der Waals surface area contributed by atoms with Crippen LogP contribution in [0.4, 0.5) is 0 Å². The number of benzene rings is 11. The molecule has 0 radical (unpaired) electrons. The van der Waals surface area contributed by atoms with Crippen molar-refractivity contribution in [3.8, 4) is 11.4 Å². The molecule has 11 aromatic carbocycles. The molecule has 0 atom stereocenters. The van der Waals surface area contributed by atoms with Crippen molar-refractivity contribution in [2.24, 2.45) is 0 Å². The van der Waals surface area contributed by atoms with Crippen molar-refractivity contribution >= 4 is 121 Å². The third-order valence-electron chi connectivity index (χ3n) is 15.4. The van der Waals surface area contributed by atoms with Gasteiger partial charge in [0, 0.05) is 54.2 Å². The smallest absolute Gasteiger partial charge is 0.252 e.